The lowest BCUT2D eigenvalue weighted by molar-refractivity contribution is -0.120. The van der Waals surface area contributed by atoms with E-state index in [2.05, 4.69) is 15.5 Å². The molecule has 0 aliphatic carbocycles. The highest BCUT2D eigenvalue weighted by Gasteiger charge is 2.10. The number of amides is 1. The van der Waals surface area contributed by atoms with Gasteiger partial charge in [-0.05, 0) is 42.0 Å². The largest absolute Gasteiger partial charge is 0.497 e. The lowest BCUT2D eigenvalue weighted by atomic mass is 10.1. The number of carbonyl (C=O) groups is 1. The van der Waals surface area contributed by atoms with Crippen LogP contribution in [0.4, 0.5) is 0 Å². The van der Waals surface area contributed by atoms with Crippen LogP contribution < -0.4 is 10.1 Å². The van der Waals surface area contributed by atoms with Crippen LogP contribution in [0.5, 0.6) is 5.75 Å². The van der Waals surface area contributed by atoms with Gasteiger partial charge in [0, 0.05) is 10.6 Å². The Hall–Kier alpha value is -2.86. The maximum atomic E-state index is 12.0. The third kappa shape index (κ3) is 4.58. The second-order valence-electron chi connectivity index (χ2n) is 5.32. The molecule has 2 aromatic carbocycles. The molecule has 0 fully saturated rings. The Kier molecular flexibility index (Phi) is 5.30. The van der Waals surface area contributed by atoms with Gasteiger partial charge in [-0.15, -0.1) is 0 Å². The van der Waals surface area contributed by atoms with E-state index in [-0.39, 0.29) is 18.9 Å². The number of benzene rings is 2. The van der Waals surface area contributed by atoms with Crippen molar-refractivity contribution in [2.24, 2.45) is 0 Å². The van der Waals surface area contributed by atoms with Crippen molar-refractivity contribution in [2.75, 3.05) is 7.11 Å². The minimum atomic E-state index is -0.147. The van der Waals surface area contributed by atoms with Crippen LogP contribution in [0.2, 0.25) is 5.02 Å². The molecule has 3 rings (SSSR count). The van der Waals surface area contributed by atoms with E-state index >= 15 is 0 Å². The predicted molar refractivity (Wildman–Crippen MR) is 93.3 cm³/mol. The van der Waals surface area contributed by atoms with Gasteiger partial charge >= 0.3 is 0 Å². The Labute approximate surface area is 149 Å². The number of halogens is 1. The first-order chi connectivity index (χ1) is 12.1. The summed E-state index contributed by atoms with van der Waals surface area (Å²) in [5.74, 6) is 1.40. The van der Waals surface area contributed by atoms with E-state index in [1.165, 1.54) is 0 Å². The van der Waals surface area contributed by atoms with Crippen molar-refractivity contribution in [3.8, 4) is 17.1 Å². The molecule has 0 atom stereocenters. The Morgan fingerprint density at radius 3 is 2.76 bits per heavy atom. The van der Waals surface area contributed by atoms with Crippen LogP contribution in [-0.4, -0.2) is 23.2 Å². The van der Waals surface area contributed by atoms with Gasteiger partial charge in [-0.25, -0.2) is 0 Å². The van der Waals surface area contributed by atoms with E-state index in [0.29, 0.717) is 16.7 Å². The van der Waals surface area contributed by atoms with Gasteiger partial charge in [0.25, 0.3) is 0 Å². The van der Waals surface area contributed by atoms with E-state index in [1.807, 2.05) is 36.4 Å². The van der Waals surface area contributed by atoms with Crippen molar-refractivity contribution < 1.29 is 14.1 Å². The van der Waals surface area contributed by atoms with Gasteiger partial charge in [0.05, 0.1) is 20.1 Å². The van der Waals surface area contributed by atoms with Crippen LogP contribution in [0.1, 0.15) is 11.5 Å². The summed E-state index contributed by atoms with van der Waals surface area (Å²) < 4.78 is 10.3. The van der Waals surface area contributed by atoms with Crippen molar-refractivity contribution in [3.05, 3.63) is 65.0 Å². The average Bonchev–Trinajstić information content (AvgIpc) is 3.09. The van der Waals surface area contributed by atoms with E-state index in [4.69, 9.17) is 20.9 Å². The zero-order valence-corrected chi connectivity index (χ0v) is 14.3. The van der Waals surface area contributed by atoms with E-state index in [1.54, 1.807) is 19.2 Å². The summed E-state index contributed by atoms with van der Waals surface area (Å²) in [6, 6.07) is 14.5. The number of carbonyl (C=O) groups excluding carboxylic acids is 1. The van der Waals surface area contributed by atoms with Gasteiger partial charge in [0.1, 0.15) is 5.75 Å². The summed E-state index contributed by atoms with van der Waals surface area (Å²) in [6.45, 7) is 0.169. The van der Waals surface area contributed by atoms with Crippen molar-refractivity contribution >= 4 is 17.5 Å². The van der Waals surface area contributed by atoms with Crippen molar-refractivity contribution in [1.29, 1.82) is 0 Å². The molecule has 0 aliphatic rings. The summed E-state index contributed by atoms with van der Waals surface area (Å²) >= 11 is 5.91. The molecule has 0 spiro atoms. The van der Waals surface area contributed by atoms with Crippen LogP contribution in [0, 0.1) is 0 Å². The zero-order valence-electron chi connectivity index (χ0n) is 13.5. The Bertz CT molecular complexity index is 862. The maximum Gasteiger partial charge on any atom is 0.246 e. The molecule has 0 saturated carbocycles. The van der Waals surface area contributed by atoms with Gasteiger partial charge in [0.15, 0.2) is 0 Å². The molecular formula is C18H16ClN3O3. The molecule has 128 valence electrons. The van der Waals surface area contributed by atoms with Crippen molar-refractivity contribution in [1.82, 2.24) is 15.5 Å². The van der Waals surface area contributed by atoms with Crippen LogP contribution >= 0.6 is 11.6 Å². The third-order valence-electron chi connectivity index (χ3n) is 3.51. The molecule has 25 heavy (non-hydrogen) atoms. The fourth-order valence-electron chi connectivity index (χ4n) is 2.25. The molecule has 3 aromatic rings. The predicted octanol–water partition coefficient (Wildman–Crippen LogP) is 3.26. The fourth-order valence-corrected chi connectivity index (χ4v) is 2.47. The lowest BCUT2D eigenvalue weighted by Crippen LogP contribution is -2.24. The number of ether oxygens (including phenoxy) is 1. The maximum absolute atomic E-state index is 12.0. The molecule has 0 bridgehead atoms. The SMILES string of the molecule is COc1ccc(-c2noc(CNC(=O)Cc3cccc(Cl)c3)n2)cc1. The Morgan fingerprint density at radius 1 is 1.24 bits per heavy atom. The minimum Gasteiger partial charge on any atom is -0.497 e. The molecule has 6 nitrogen and oxygen atoms in total. The van der Waals surface area contributed by atoms with Gasteiger partial charge in [-0.2, -0.15) is 4.98 Å². The molecular weight excluding hydrogens is 342 g/mol. The smallest absolute Gasteiger partial charge is 0.246 e. The number of nitrogens with one attached hydrogen (secondary N) is 1. The van der Waals surface area contributed by atoms with Crippen LogP contribution in [0.25, 0.3) is 11.4 Å². The summed E-state index contributed by atoms with van der Waals surface area (Å²) in [4.78, 5) is 16.3. The monoisotopic (exact) mass is 357 g/mol. The highest BCUT2D eigenvalue weighted by atomic mass is 35.5. The van der Waals surface area contributed by atoms with Crippen LogP contribution in [0.15, 0.2) is 53.1 Å². The first kappa shape index (κ1) is 17.0. The fraction of sp³-hybridized carbons (Fsp3) is 0.167. The van der Waals surface area contributed by atoms with E-state index < -0.39 is 0 Å². The normalized spacial score (nSPS) is 10.5. The number of nitrogens with zero attached hydrogens (tertiary/aromatic N) is 2. The summed E-state index contributed by atoms with van der Waals surface area (Å²) in [7, 11) is 1.60. The molecule has 1 amide bonds. The standard InChI is InChI=1S/C18H16ClN3O3/c1-24-15-7-5-13(6-8-15)18-21-17(25-22-18)11-20-16(23)10-12-3-2-4-14(19)9-12/h2-9H,10-11H2,1H3,(H,20,23). The summed E-state index contributed by atoms with van der Waals surface area (Å²) in [5.41, 5.74) is 1.65. The molecule has 0 unspecified atom stereocenters. The van der Waals surface area contributed by atoms with Crippen LogP contribution in [0.3, 0.4) is 0 Å². The first-order valence-corrected chi connectivity index (χ1v) is 8.00. The van der Waals surface area contributed by atoms with Crippen molar-refractivity contribution in [3.63, 3.8) is 0 Å². The Balaban J connectivity index is 1.56. The summed E-state index contributed by atoms with van der Waals surface area (Å²) in [6.07, 6.45) is 0.236. The first-order valence-electron chi connectivity index (χ1n) is 7.62. The van der Waals surface area contributed by atoms with Gasteiger partial charge < -0.3 is 14.6 Å². The molecule has 0 radical (unpaired) electrons. The van der Waals surface area contributed by atoms with Gasteiger partial charge in [0.2, 0.25) is 17.6 Å². The molecule has 1 aromatic heterocycles. The zero-order chi connectivity index (χ0) is 17.6. The molecule has 7 heteroatoms. The number of hydrogen-bond donors (Lipinski definition) is 1. The second-order valence-corrected chi connectivity index (χ2v) is 5.76. The highest BCUT2D eigenvalue weighted by molar-refractivity contribution is 6.30. The third-order valence-corrected chi connectivity index (χ3v) is 3.74. The van der Waals surface area contributed by atoms with Crippen LogP contribution in [-0.2, 0) is 17.8 Å². The topological polar surface area (TPSA) is 77.3 Å². The average molecular weight is 358 g/mol. The Morgan fingerprint density at radius 2 is 2.04 bits per heavy atom. The number of methoxy groups -OCH3 is 1. The van der Waals surface area contributed by atoms with E-state index in [9.17, 15) is 4.79 Å². The quantitative estimate of drug-likeness (QED) is 0.732. The number of rotatable bonds is 6. The molecule has 0 aliphatic heterocycles. The number of aromatic nitrogens is 2. The van der Waals surface area contributed by atoms with Gasteiger partial charge in [-0.1, -0.05) is 28.9 Å². The highest BCUT2D eigenvalue weighted by Crippen LogP contribution is 2.19. The van der Waals surface area contributed by atoms with E-state index in [0.717, 1.165) is 16.9 Å². The summed E-state index contributed by atoms with van der Waals surface area (Å²) in [5, 5.41) is 7.27. The van der Waals surface area contributed by atoms with Gasteiger partial charge in [-0.3, -0.25) is 4.79 Å². The second kappa shape index (κ2) is 7.81. The minimum absolute atomic E-state index is 0.147. The number of hydrogen-bond acceptors (Lipinski definition) is 5. The van der Waals surface area contributed by atoms with Crippen molar-refractivity contribution in [2.45, 2.75) is 13.0 Å². The lowest BCUT2D eigenvalue weighted by Gasteiger charge is -2.03. The molecule has 0 saturated heterocycles. The molecule has 1 N–H and O–H groups in total. The molecule has 1 heterocycles.